The highest BCUT2D eigenvalue weighted by molar-refractivity contribution is 7.89. The van der Waals surface area contributed by atoms with Crippen LogP contribution in [0.1, 0.15) is 18.7 Å². The zero-order valence-electron chi connectivity index (χ0n) is 19.4. The van der Waals surface area contributed by atoms with Gasteiger partial charge in [-0.1, -0.05) is 16.8 Å². The third-order valence-electron chi connectivity index (χ3n) is 5.74. The van der Waals surface area contributed by atoms with E-state index in [1.165, 1.54) is 30.7 Å². The lowest BCUT2D eigenvalue weighted by atomic mass is 9.98. The van der Waals surface area contributed by atoms with Gasteiger partial charge in [-0.3, -0.25) is 4.79 Å². The SMILES string of the molecule is COc1ccc(NC(=O)[C@@H]2CCCN(S(=O)(=O)c3cc(-c4noc(C)n4)ccc3Cl)C2)cc1OC. The van der Waals surface area contributed by atoms with Crippen LogP contribution in [0, 0.1) is 12.8 Å². The summed E-state index contributed by atoms with van der Waals surface area (Å²) in [6.07, 6.45) is 1.09. The molecule has 186 valence electrons. The molecule has 0 saturated carbocycles. The number of hydrogen-bond acceptors (Lipinski definition) is 8. The molecule has 4 rings (SSSR count). The molecule has 0 radical (unpaired) electrons. The number of rotatable bonds is 7. The van der Waals surface area contributed by atoms with Gasteiger partial charge in [-0.15, -0.1) is 0 Å². The van der Waals surface area contributed by atoms with Crippen LogP contribution in [0.5, 0.6) is 11.5 Å². The van der Waals surface area contributed by atoms with Crippen LogP contribution in [0.3, 0.4) is 0 Å². The zero-order valence-corrected chi connectivity index (χ0v) is 21.0. The second-order valence-corrected chi connectivity index (χ2v) is 10.4. The quantitative estimate of drug-likeness (QED) is 0.499. The Morgan fingerprint density at radius 1 is 1.17 bits per heavy atom. The molecule has 1 fully saturated rings. The number of anilines is 1. The van der Waals surface area contributed by atoms with Crippen LogP contribution in [0.15, 0.2) is 45.8 Å². The number of ether oxygens (including phenoxy) is 2. The second-order valence-electron chi connectivity index (χ2n) is 8.04. The molecule has 10 nitrogen and oxygen atoms in total. The Morgan fingerprint density at radius 2 is 1.94 bits per heavy atom. The molecule has 3 aromatic rings. The predicted octanol–water partition coefficient (Wildman–Crippen LogP) is 3.76. The van der Waals surface area contributed by atoms with Crippen molar-refractivity contribution in [1.82, 2.24) is 14.4 Å². The van der Waals surface area contributed by atoms with E-state index in [1.807, 2.05) is 0 Å². The minimum absolute atomic E-state index is 0.0311. The summed E-state index contributed by atoms with van der Waals surface area (Å²) in [5, 5.41) is 6.76. The summed E-state index contributed by atoms with van der Waals surface area (Å²) in [6.45, 7) is 1.96. The van der Waals surface area contributed by atoms with E-state index in [4.69, 9.17) is 25.6 Å². The van der Waals surface area contributed by atoms with E-state index in [1.54, 1.807) is 31.2 Å². The van der Waals surface area contributed by atoms with Gasteiger partial charge in [0, 0.05) is 37.3 Å². The Labute approximate surface area is 208 Å². The lowest BCUT2D eigenvalue weighted by Crippen LogP contribution is -2.43. The van der Waals surface area contributed by atoms with Gasteiger partial charge in [0.15, 0.2) is 11.5 Å². The van der Waals surface area contributed by atoms with Gasteiger partial charge in [-0.05, 0) is 43.2 Å². The van der Waals surface area contributed by atoms with Crippen molar-refractivity contribution in [1.29, 1.82) is 0 Å². The third kappa shape index (κ3) is 5.26. The van der Waals surface area contributed by atoms with Gasteiger partial charge >= 0.3 is 0 Å². The van der Waals surface area contributed by atoms with E-state index < -0.39 is 15.9 Å². The topological polar surface area (TPSA) is 124 Å². The highest BCUT2D eigenvalue weighted by atomic mass is 35.5. The molecule has 2 aromatic carbocycles. The summed E-state index contributed by atoms with van der Waals surface area (Å²) in [4.78, 5) is 17.1. The number of piperidine rings is 1. The number of amides is 1. The molecule has 1 atom stereocenters. The van der Waals surface area contributed by atoms with Crippen LogP contribution < -0.4 is 14.8 Å². The van der Waals surface area contributed by atoms with Crippen molar-refractivity contribution in [3.8, 4) is 22.9 Å². The lowest BCUT2D eigenvalue weighted by molar-refractivity contribution is -0.120. The first kappa shape index (κ1) is 25.0. The minimum atomic E-state index is -3.98. The number of hydrogen-bond donors (Lipinski definition) is 1. The Bertz CT molecular complexity index is 1340. The molecule has 0 spiro atoms. The number of carbonyl (C=O) groups excluding carboxylic acids is 1. The number of sulfonamides is 1. The van der Waals surface area contributed by atoms with Crippen molar-refractivity contribution in [2.75, 3.05) is 32.6 Å². The maximum absolute atomic E-state index is 13.5. The summed E-state index contributed by atoms with van der Waals surface area (Å²) in [7, 11) is -0.943. The van der Waals surface area contributed by atoms with Crippen molar-refractivity contribution in [3.63, 3.8) is 0 Å². The summed E-state index contributed by atoms with van der Waals surface area (Å²) in [5.41, 5.74) is 0.989. The molecule has 1 saturated heterocycles. The second kappa shape index (κ2) is 10.2. The summed E-state index contributed by atoms with van der Waals surface area (Å²) in [5.74, 6) is 0.827. The fraction of sp³-hybridized carbons (Fsp3) is 0.348. The molecule has 35 heavy (non-hydrogen) atoms. The lowest BCUT2D eigenvalue weighted by Gasteiger charge is -2.31. The van der Waals surface area contributed by atoms with E-state index in [2.05, 4.69) is 15.5 Å². The highest BCUT2D eigenvalue weighted by Crippen LogP contribution is 2.33. The third-order valence-corrected chi connectivity index (χ3v) is 8.09. The van der Waals surface area contributed by atoms with Gasteiger partial charge in [0.2, 0.25) is 27.6 Å². The molecule has 1 aromatic heterocycles. The number of methoxy groups -OCH3 is 2. The molecule has 1 aliphatic heterocycles. The van der Waals surface area contributed by atoms with Gasteiger partial charge in [0.25, 0.3) is 0 Å². The standard InChI is InChI=1S/C23H25ClN4O6S/c1-14-25-22(27-34-14)15-6-8-18(24)21(11-15)35(30,31)28-10-4-5-16(13-28)23(29)26-17-7-9-19(32-2)20(12-17)33-3/h6-9,11-12,16H,4-5,10,13H2,1-3H3,(H,26,29)/t16-/m1/s1. The fourth-order valence-corrected chi connectivity index (χ4v) is 5.95. The average Bonchev–Trinajstić information content (AvgIpc) is 3.30. The number of halogens is 1. The fourth-order valence-electron chi connectivity index (χ4n) is 3.93. The van der Waals surface area contributed by atoms with Gasteiger partial charge in [-0.2, -0.15) is 9.29 Å². The van der Waals surface area contributed by atoms with Gasteiger partial charge in [0.1, 0.15) is 4.90 Å². The average molecular weight is 521 g/mol. The Morgan fingerprint density at radius 3 is 2.63 bits per heavy atom. The van der Waals surface area contributed by atoms with E-state index in [0.29, 0.717) is 41.5 Å². The van der Waals surface area contributed by atoms with Crippen LogP contribution in [0.4, 0.5) is 5.69 Å². The molecule has 0 bridgehead atoms. The number of aryl methyl sites for hydroxylation is 1. The van der Waals surface area contributed by atoms with Crippen LogP contribution in [0.2, 0.25) is 5.02 Å². The minimum Gasteiger partial charge on any atom is -0.493 e. The number of carbonyl (C=O) groups is 1. The normalized spacial score (nSPS) is 16.6. The largest absolute Gasteiger partial charge is 0.493 e. The van der Waals surface area contributed by atoms with Crippen molar-refractivity contribution < 1.29 is 27.2 Å². The number of nitrogens with zero attached hydrogens (tertiary/aromatic N) is 3. The maximum atomic E-state index is 13.5. The van der Waals surface area contributed by atoms with Crippen LogP contribution in [-0.4, -0.2) is 56.1 Å². The van der Waals surface area contributed by atoms with Crippen molar-refractivity contribution in [2.24, 2.45) is 5.92 Å². The highest BCUT2D eigenvalue weighted by Gasteiger charge is 2.35. The van der Waals surface area contributed by atoms with Gasteiger partial charge < -0.3 is 19.3 Å². The van der Waals surface area contributed by atoms with Gasteiger partial charge in [0.05, 0.1) is 25.2 Å². The maximum Gasteiger partial charge on any atom is 0.244 e. The number of nitrogens with one attached hydrogen (secondary N) is 1. The summed E-state index contributed by atoms with van der Waals surface area (Å²) in [6, 6.07) is 9.57. The molecule has 0 aliphatic carbocycles. The monoisotopic (exact) mass is 520 g/mol. The molecular formula is C23H25ClN4O6S. The van der Waals surface area contributed by atoms with Crippen LogP contribution in [-0.2, 0) is 14.8 Å². The first-order chi connectivity index (χ1) is 16.7. The molecule has 1 aliphatic rings. The molecule has 2 heterocycles. The number of benzene rings is 2. The predicted molar refractivity (Wildman–Crippen MR) is 129 cm³/mol. The molecule has 12 heteroatoms. The van der Waals surface area contributed by atoms with E-state index in [-0.39, 0.29) is 34.7 Å². The summed E-state index contributed by atoms with van der Waals surface area (Å²) < 4.78 is 43.8. The summed E-state index contributed by atoms with van der Waals surface area (Å²) >= 11 is 6.28. The Balaban J connectivity index is 1.53. The molecule has 1 N–H and O–H groups in total. The van der Waals surface area contributed by atoms with Crippen LogP contribution >= 0.6 is 11.6 Å². The zero-order chi connectivity index (χ0) is 25.2. The van der Waals surface area contributed by atoms with E-state index >= 15 is 0 Å². The van der Waals surface area contributed by atoms with Crippen molar-refractivity contribution in [3.05, 3.63) is 47.3 Å². The molecular weight excluding hydrogens is 496 g/mol. The van der Waals surface area contributed by atoms with Crippen molar-refractivity contribution in [2.45, 2.75) is 24.7 Å². The first-order valence-corrected chi connectivity index (χ1v) is 12.7. The van der Waals surface area contributed by atoms with E-state index in [0.717, 1.165) is 0 Å². The Kier molecular flexibility index (Phi) is 7.29. The molecule has 1 amide bonds. The number of aromatic nitrogens is 2. The van der Waals surface area contributed by atoms with E-state index in [9.17, 15) is 13.2 Å². The molecule has 0 unspecified atom stereocenters. The van der Waals surface area contributed by atoms with Crippen molar-refractivity contribution >= 4 is 33.2 Å². The Hall–Kier alpha value is -3.15. The van der Waals surface area contributed by atoms with Gasteiger partial charge in [-0.25, -0.2) is 8.42 Å². The van der Waals surface area contributed by atoms with Crippen LogP contribution in [0.25, 0.3) is 11.4 Å². The smallest absolute Gasteiger partial charge is 0.244 e. The first-order valence-electron chi connectivity index (χ1n) is 10.9.